The van der Waals surface area contributed by atoms with Crippen LogP contribution in [-0.4, -0.2) is 12.0 Å². The molecule has 0 saturated carbocycles. The molecule has 3 nitrogen and oxygen atoms in total. The quantitative estimate of drug-likeness (QED) is 0.678. The van der Waals surface area contributed by atoms with Crippen LogP contribution in [0.4, 0.5) is 0 Å². The molecule has 0 unspecified atom stereocenters. The Balaban J connectivity index is 1.66. The monoisotopic (exact) mass is 347 g/mol. The van der Waals surface area contributed by atoms with Crippen molar-refractivity contribution in [3.05, 3.63) is 77.9 Å². The fourth-order valence-corrected chi connectivity index (χ4v) is 3.08. The van der Waals surface area contributed by atoms with Crippen molar-refractivity contribution in [1.29, 1.82) is 0 Å². The second-order valence-electron chi connectivity index (χ2n) is 6.81. The van der Waals surface area contributed by atoms with E-state index < -0.39 is 6.10 Å². The first kappa shape index (κ1) is 18.0. The highest BCUT2D eigenvalue weighted by atomic mass is 16.5. The normalized spacial score (nSPS) is 12.2. The molecule has 3 heteroatoms. The average Bonchev–Trinajstić information content (AvgIpc) is 2.66. The smallest absolute Gasteiger partial charge is 0.261 e. The number of ether oxygens (including phenoxy) is 1. The summed E-state index contributed by atoms with van der Waals surface area (Å²) in [4.78, 5) is 12.5. The number of carbonyl (C=O) groups is 1. The second-order valence-corrected chi connectivity index (χ2v) is 6.81. The van der Waals surface area contributed by atoms with Gasteiger partial charge >= 0.3 is 0 Å². The summed E-state index contributed by atoms with van der Waals surface area (Å²) >= 11 is 0. The molecule has 26 heavy (non-hydrogen) atoms. The molecular weight excluding hydrogens is 322 g/mol. The lowest BCUT2D eigenvalue weighted by Gasteiger charge is -2.19. The maximum absolute atomic E-state index is 12.5. The van der Waals surface area contributed by atoms with E-state index in [-0.39, 0.29) is 5.91 Å². The van der Waals surface area contributed by atoms with Gasteiger partial charge in [0.25, 0.3) is 5.91 Å². The number of hydrogen-bond acceptors (Lipinski definition) is 2. The summed E-state index contributed by atoms with van der Waals surface area (Å²) in [6.45, 7) is 6.51. The highest BCUT2D eigenvalue weighted by Gasteiger charge is 2.17. The van der Waals surface area contributed by atoms with Gasteiger partial charge in [0, 0.05) is 6.54 Å². The minimum atomic E-state index is -0.551. The van der Waals surface area contributed by atoms with Crippen LogP contribution >= 0.6 is 0 Å². The molecule has 0 aliphatic heterocycles. The molecule has 134 valence electrons. The van der Waals surface area contributed by atoms with Crippen LogP contribution in [0.2, 0.25) is 0 Å². The zero-order chi connectivity index (χ0) is 18.5. The van der Waals surface area contributed by atoms with Crippen molar-refractivity contribution in [2.75, 3.05) is 0 Å². The third-order valence-electron chi connectivity index (χ3n) is 4.55. The Labute approximate surface area is 155 Å². The van der Waals surface area contributed by atoms with Crippen molar-refractivity contribution in [1.82, 2.24) is 5.32 Å². The van der Waals surface area contributed by atoms with Gasteiger partial charge in [0.1, 0.15) is 5.75 Å². The molecule has 0 spiro atoms. The van der Waals surface area contributed by atoms with Crippen molar-refractivity contribution >= 4 is 16.7 Å². The summed E-state index contributed by atoms with van der Waals surface area (Å²) < 4.78 is 5.93. The average molecular weight is 347 g/mol. The standard InChI is InChI=1S/C23H25NO2/c1-16(2)20-12-6-7-14-22(20)26-17(3)23(25)24-15-19-11-8-10-18-9-4-5-13-21(18)19/h4-14,16-17H,15H2,1-3H3,(H,24,25)/t17-/m0/s1. The van der Waals surface area contributed by atoms with E-state index in [1.165, 1.54) is 5.39 Å². The van der Waals surface area contributed by atoms with Crippen molar-refractivity contribution in [2.24, 2.45) is 0 Å². The van der Waals surface area contributed by atoms with Gasteiger partial charge in [0.15, 0.2) is 6.10 Å². The summed E-state index contributed by atoms with van der Waals surface area (Å²) in [5, 5.41) is 5.33. The van der Waals surface area contributed by atoms with Gasteiger partial charge in [-0.2, -0.15) is 0 Å². The largest absolute Gasteiger partial charge is 0.481 e. The highest BCUT2D eigenvalue weighted by Crippen LogP contribution is 2.26. The molecule has 1 atom stereocenters. The molecule has 0 radical (unpaired) electrons. The molecule has 0 bridgehead atoms. The van der Waals surface area contributed by atoms with Crippen molar-refractivity contribution in [3.63, 3.8) is 0 Å². The lowest BCUT2D eigenvalue weighted by molar-refractivity contribution is -0.127. The molecule has 0 aliphatic rings. The third kappa shape index (κ3) is 4.05. The summed E-state index contributed by atoms with van der Waals surface area (Å²) in [6, 6.07) is 22.2. The lowest BCUT2D eigenvalue weighted by atomic mass is 10.0. The van der Waals surface area contributed by atoms with E-state index in [0.29, 0.717) is 12.5 Å². The number of para-hydroxylation sites is 1. The van der Waals surface area contributed by atoms with E-state index in [1.54, 1.807) is 6.92 Å². The first-order valence-electron chi connectivity index (χ1n) is 9.06. The molecule has 0 aromatic heterocycles. The number of benzene rings is 3. The van der Waals surface area contributed by atoms with Gasteiger partial charge in [-0.25, -0.2) is 0 Å². The number of rotatable bonds is 6. The Bertz CT molecular complexity index is 896. The number of carbonyl (C=O) groups excluding carboxylic acids is 1. The van der Waals surface area contributed by atoms with E-state index in [9.17, 15) is 4.79 Å². The molecule has 0 fully saturated rings. The van der Waals surface area contributed by atoms with Crippen LogP contribution in [-0.2, 0) is 11.3 Å². The summed E-state index contributed by atoms with van der Waals surface area (Å²) in [7, 11) is 0. The van der Waals surface area contributed by atoms with Crippen LogP contribution in [0, 0.1) is 0 Å². The van der Waals surface area contributed by atoms with E-state index in [2.05, 4.69) is 37.4 Å². The predicted molar refractivity (Wildman–Crippen MR) is 106 cm³/mol. The first-order chi connectivity index (χ1) is 12.6. The van der Waals surface area contributed by atoms with Crippen LogP contribution in [0.5, 0.6) is 5.75 Å². The molecule has 3 aromatic carbocycles. The molecule has 1 amide bonds. The molecular formula is C23H25NO2. The van der Waals surface area contributed by atoms with Crippen LogP contribution in [0.15, 0.2) is 66.7 Å². The molecule has 3 aromatic rings. The molecule has 0 saturated heterocycles. The van der Waals surface area contributed by atoms with E-state index in [4.69, 9.17) is 4.74 Å². The maximum Gasteiger partial charge on any atom is 0.261 e. The van der Waals surface area contributed by atoms with Gasteiger partial charge in [0.05, 0.1) is 0 Å². The Kier molecular flexibility index (Phi) is 5.57. The van der Waals surface area contributed by atoms with Gasteiger partial charge < -0.3 is 10.1 Å². The summed E-state index contributed by atoms with van der Waals surface area (Å²) in [5.41, 5.74) is 2.22. The van der Waals surface area contributed by atoms with Crippen LogP contribution in [0.1, 0.15) is 37.8 Å². The number of fused-ring (bicyclic) bond motifs is 1. The third-order valence-corrected chi connectivity index (χ3v) is 4.55. The summed E-state index contributed by atoms with van der Waals surface area (Å²) in [6.07, 6.45) is -0.551. The highest BCUT2D eigenvalue weighted by molar-refractivity contribution is 5.86. The predicted octanol–water partition coefficient (Wildman–Crippen LogP) is 5.05. The van der Waals surface area contributed by atoms with Crippen molar-refractivity contribution in [3.8, 4) is 5.75 Å². The Morgan fingerprint density at radius 2 is 1.62 bits per heavy atom. The van der Waals surface area contributed by atoms with Crippen LogP contribution in [0.3, 0.4) is 0 Å². The van der Waals surface area contributed by atoms with Gasteiger partial charge in [-0.1, -0.05) is 74.5 Å². The Morgan fingerprint density at radius 1 is 0.923 bits per heavy atom. The molecule has 3 rings (SSSR count). The topological polar surface area (TPSA) is 38.3 Å². The van der Waals surface area contributed by atoms with Crippen molar-refractivity contribution in [2.45, 2.75) is 39.3 Å². The minimum absolute atomic E-state index is 0.114. The van der Waals surface area contributed by atoms with Crippen LogP contribution < -0.4 is 10.1 Å². The maximum atomic E-state index is 12.5. The second kappa shape index (κ2) is 8.05. The molecule has 1 N–H and O–H groups in total. The zero-order valence-corrected chi connectivity index (χ0v) is 15.5. The van der Waals surface area contributed by atoms with E-state index in [0.717, 1.165) is 22.3 Å². The minimum Gasteiger partial charge on any atom is -0.481 e. The lowest BCUT2D eigenvalue weighted by Crippen LogP contribution is -2.36. The van der Waals surface area contributed by atoms with Crippen LogP contribution in [0.25, 0.3) is 10.8 Å². The van der Waals surface area contributed by atoms with Gasteiger partial charge in [-0.3, -0.25) is 4.79 Å². The fraction of sp³-hybridized carbons (Fsp3) is 0.261. The Hall–Kier alpha value is -2.81. The number of hydrogen-bond donors (Lipinski definition) is 1. The van der Waals surface area contributed by atoms with Gasteiger partial charge in [-0.15, -0.1) is 0 Å². The van der Waals surface area contributed by atoms with Gasteiger partial charge in [-0.05, 0) is 40.8 Å². The Morgan fingerprint density at radius 3 is 2.42 bits per heavy atom. The van der Waals surface area contributed by atoms with Gasteiger partial charge in [0.2, 0.25) is 0 Å². The van der Waals surface area contributed by atoms with Crippen molar-refractivity contribution < 1.29 is 9.53 Å². The fourth-order valence-electron chi connectivity index (χ4n) is 3.08. The van der Waals surface area contributed by atoms with E-state index in [1.807, 2.05) is 48.5 Å². The SMILES string of the molecule is CC(C)c1ccccc1O[C@@H](C)C(=O)NCc1cccc2ccccc12. The first-order valence-corrected chi connectivity index (χ1v) is 9.06. The molecule has 0 aliphatic carbocycles. The number of nitrogens with one attached hydrogen (secondary N) is 1. The zero-order valence-electron chi connectivity index (χ0n) is 15.5. The number of amides is 1. The molecule has 0 heterocycles. The summed E-state index contributed by atoms with van der Waals surface area (Å²) in [5.74, 6) is 1.00. The van der Waals surface area contributed by atoms with E-state index >= 15 is 0 Å².